The second kappa shape index (κ2) is 5.31. The lowest BCUT2D eigenvalue weighted by Crippen LogP contribution is -2.33. The molecule has 17 heavy (non-hydrogen) atoms. The summed E-state index contributed by atoms with van der Waals surface area (Å²) in [6.45, 7) is 5.82. The highest BCUT2D eigenvalue weighted by Crippen LogP contribution is 2.06. The third-order valence-electron chi connectivity index (χ3n) is 3.10. The van der Waals surface area contributed by atoms with Crippen LogP contribution in [0.2, 0.25) is 0 Å². The maximum Gasteiger partial charge on any atom is 0.293 e. The summed E-state index contributed by atoms with van der Waals surface area (Å²) < 4.78 is 1.69. The van der Waals surface area contributed by atoms with Crippen LogP contribution in [0.1, 0.15) is 32.7 Å². The van der Waals surface area contributed by atoms with E-state index in [-0.39, 0.29) is 11.6 Å². The van der Waals surface area contributed by atoms with Gasteiger partial charge in [0.25, 0.3) is 5.56 Å². The topological polar surface area (TPSA) is 59.0 Å². The monoisotopic (exact) mass is 236 g/mol. The molecule has 1 aliphatic heterocycles. The fourth-order valence-corrected chi connectivity index (χ4v) is 2.10. The fraction of sp³-hybridized carbons (Fsp3) is 0.667. The minimum absolute atomic E-state index is 0.0412. The van der Waals surface area contributed by atoms with Gasteiger partial charge in [-0.3, -0.25) is 4.79 Å². The van der Waals surface area contributed by atoms with Crippen LogP contribution < -0.4 is 16.2 Å². The van der Waals surface area contributed by atoms with Crippen molar-refractivity contribution in [2.45, 2.75) is 38.8 Å². The van der Waals surface area contributed by atoms with Crippen LogP contribution in [0.4, 0.5) is 5.82 Å². The van der Waals surface area contributed by atoms with Gasteiger partial charge in [-0.2, -0.15) is 0 Å². The number of hydrogen-bond acceptors (Lipinski definition) is 4. The highest BCUT2D eigenvalue weighted by Gasteiger charge is 2.14. The smallest absolute Gasteiger partial charge is 0.293 e. The molecule has 2 heterocycles. The number of aromatic nitrogens is 2. The summed E-state index contributed by atoms with van der Waals surface area (Å²) >= 11 is 0. The summed E-state index contributed by atoms with van der Waals surface area (Å²) in [5, 5.41) is 6.53. The van der Waals surface area contributed by atoms with Gasteiger partial charge in [0.05, 0.1) is 0 Å². The van der Waals surface area contributed by atoms with Crippen LogP contribution in [-0.2, 0) is 0 Å². The van der Waals surface area contributed by atoms with Gasteiger partial charge in [0.1, 0.15) is 0 Å². The number of nitrogens with one attached hydrogen (secondary N) is 2. The maximum absolute atomic E-state index is 12.0. The Hall–Kier alpha value is -1.36. The van der Waals surface area contributed by atoms with E-state index in [0.717, 1.165) is 19.5 Å². The third kappa shape index (κ3) is 2.85. The summed E-state index contributed by atoms with van der Waals surface area (Å²) in [6, 6.07) is 0.625. The Morgan fingerprint density at radius 2 is 2.47 bits per heavy atom. The number of hydrogen-bond donors (Lipinski definition) is 2. The summed E-state index contributed by atoms with van der Waals surface area (Å²) in [5.74, 6) is 0.454. The highest BCUT2D eigenvalue weighted by molar-refractivity contribution is 5.31. The van der Waals surface area contributed by atoms with Crippen LogP contribution in [0.25, 0.3) is 0 Å². The van der Waals surface area contributed by atoms with Crippen molar-refractivity contribution < 1.29 is 0 Å². The molecule has 1 aromatic rings. The lowest BCUT2D eigenvalue weighted by Gasteiger charge is -2.14. The third-order valence-corrected chi connectivity index (χ3v) is 3.10. The lowest BCUT2D eigenvalue weighted by atomic mass is 10.2. The predicted molar refractivity (Wildman–Crippen MR) is 68.4 cm³/mol. The molecule has 0 amide bonds. The van der Waals surface area contributed by atoms with E-state index in [1.807, 2.05) is 13.8 Å². The minimum Gasteiger partial charge on any atom is -0.364 e. The van der Waals surface area contributed by atoms with Crippen molar-refractivity contribution in [2.24, 2.45) is 0 Å². The first-order chi connectivity index (χ1) is 8.18. The Balaban J connectivity index is 2.05. The van der Waals surface area contributed by atoms with Gasteiger partial charge in [-0.25, -0.2) is 4.98 Å². The quantitative estimate of drug-likeness (QED) is 0.818. The molecule has 2 rings (SSSR count). The van der Waals surface area contributed by atoms with E-state index >= 15 is 0 Å². The normalized spacial score (nSPS) is 19.8. The van der Waals surface area contributed by atoms with Crippen molar-refractivity contribution in [3.8, 4) is 0 Å². The zero-order chi connectivity index (χ0) is 12.3. The van der Waals surface area contributed by atoms with Gasteiger partial charge in [-0.05, 0) is 33.2 Å². The first kappa shape index (κ1) is 12.1. The Labute approximate surface area is 101 Å². The SMILES string of the molecule is CC(C)n1ccnc(NCC2CCCN2)c1=O. The summed E-state index contributed by atoms with van der Waals surface area (Å²) in [4.78, 5) is 16.1. The average molecular weight is 236 g/mol. The van der Waals surface area contributed by atoms with Crippen LogP contribution in [-0.4, -0.2) is 28.7 Å². The number of rotatable bonds is 4. The summed E-state index contributed by atoms with van der Waals surface area (Å²) in [5.41, 5.74) is -0.0412. The largest absolute Gasteiger partial charge is 0.364 e. The average Bonchev–Trinajstić information content (AvgIpc) is 2.80. The molecule has 1 saturated heterocycles. The molecule has 94 valence electrons. The van der Waals surface area contributed by atoms with Gasteiger partial charge in [0.2, 0.25) is 0 Å². The highest BCUT2D eigenvalue weighted by atomic mass is 16.1. The van der Waals surface area contributed by atoms with Gasteiger partial charge >= 0.3 is 0 Å². The molecule has 1 atom stereocenters. The molecule has 1 unspecified atom stereocenters. The second-order valence-electron chi connectivity index (χ2n) is 4.76. The van der Waals surface area contributed by atoms with Gasteiger partial charge < -0.3 is 15.2 Å². The minimum atomic E-state index is -0.0412. The molecule has 5 heteroatoms. The number of nitrogens with zero attached hydrogens (tertiary/aromatic N) is 2. The van der Waals surface area contributed by atoms with E-state index in [9.17, 15) is 4.79 Å². The van der Waals surface area contributed by atoms with Gasteiger partial charge in [0, 0.05) is 31.0 Å². The van der Waals surface area contributed by atoms with Crippen molar-refractivity contribution in [3.63, 3.8) is 0 Å². The molecule has 0 saturated carbocycles. The number of anilines is 1. The van der Waals surface area contributed by atoms with Crippen LogP contribution in [0.3, 0.4) is 0 Å². The van der Waals surface area contributed by atoms with E-state index in [0.29, 0.717) is 11.9 Å². The van der Waals surface area contributed by atoms with Crippen LogP contribution in [0.15, 0.2) is 17.2 Å². The van der Waals surface area contributed by atoms with Crippen LogP contribution in [0, 0.1) is 0 Å². The standard InChI is InChI=1S/C12H20N4O/c1-9(2)16-7-6-14-11(12(16)17)15-8-10-4-3-5-13-10/h6-7,9-10,13H,3-5,8H2,1-2H3,(H,14,15). The van der Waals surface area contributed by atoms with Gasteiger partial charge in [-0.1, -0.05) is 0 Å². The van der Waals surface area contributed by atoms with Crippen molar-refractivity contribution in [3.05, 3.63) is 22.7 Å². The van der Waals surface area contributed by atoms with Crippen LogP contribution in [0.5, 0.6) is 0 Å². The van der Waals surface area contributed by atoms with Crippen molar-refractivity contribution in [2.75, 3.05) is 18.4 Å². The molecule has 5 nitrogen and oxygen atoms in total. The van der Waals surface area contributed by atoms with Crippen molar-refractivity contribution in [1.82, 2.24) is 14.9 Å². The van der Waals surface area contributed by atoms with Gasteiger partial charge in [0.15, 0.2) is 5.82 Å². The maximum atomic E-state index is 12.0. The fourth-order valence-electron chi connectivity index (χ4n) is 2.10. The van der Waals surface area contributed by atoms with Crippen molar-refractivity contribution in [1.29, 1.82) is 0 Å². The molecule has 0 aliphatic carbocycles. The van der Waals surface area contributed by atoms with Crippen LogP contribution >= 0.6 is 0 Å². The molecule has 0 spiro atoms. The molecular formula is C12H20N4O. The Bertz CT molecular complexity index is 421. The Kier molecular flexibility index (Phi) is 3.78. The summed E-state index contributed by atoms with van der Waals surface area (Å²) in [6.07, 6.45) is 5.78. The molecule has 0 aromatic carbocycles. The van der Waals surface area contributed by atoms with E-state index in [4.69, 9.17) is 0 Å². The lowest BCUT2D eigenvalue weighted by molar-refractivity contribution is 0.573. The first-order valence-corrected chi connectivity index (χ1v) is 6.23. The molecule has 1 aromatic heterocycles. The van der Waals surface area contributed by atoms with E-state index < -0.39 is 0 Å². The molecule has 0 radical (unpaired) electrons. The Morgan fingerprint density at radius 1 is 1.65 bits per heavy atom. The zero-order valence-electron chi connectivity index (χ0n) is 10.4. The molecule has 1 aliphatic rings. The van der Waals surface area contributed by atoms with E-state index in [1.54, 1.807) is 17.0 Å². The van der Waals surface area contributed by atoms with Crippen molar-refractivity contribution >= 4 is 5.82 Å². The summed E-state index contributed by atoms with van der Waals surface area (Å²) in [7, 11) is 0. The first-order valence-electron chi connectivity index (χ1n) is 6.23. The van der Waals surface area contributed by atoms with Gasteiger partial charge in [-0.15, -0.1) is 0 Å². The van der Waals surface area contributed by atoms with E-state index in [2.05, 4.69) is 15.6 Å². The Morgan fingerprint density at radius 3 is 3.12 bits per heavy atom. The molecule has 0 bridgehead atoms. The molecular weight excluding hydrogens is 216 g/mol. The van der Waals surface area contributed by atoms with E-state index in [1.165, 1.54) is 6.42 Å². The second-order valence-corrected chi connectivity index (χ2v) is 4.76. The molecule has 2 N–H and O–H groups in total. The molecule has 1 fully saturated rings. The predicted octanol–water partition coefficient (Wildman–Crippen LogP) is 0.988. The zero-order valence-corrected chi connectivity index (χ0v) is 10.4.